The zero-order valence-corrected chi connectivity index (χ0v) is 11.3. The molecule has 0 bridgehead atoms. The molecule has 2 rings (SSSR count). The zero-order chi connectivity index (χ0) is 11.5. The highest BCUT2D eigenvalue weighted by molar-refractivity contribution is 7.11. The molecule has 1 N–H and O–H groups in total. The van der Waals surface area contributed by atoms with E-state index >= 15 is 0 Å². The van der Waals surface area contributed by atoms with Crippen LogP contribution in [0.5, 0.6) is 0 Å². The van der Waals surface area contributed by atoms with Crippen LogP contribution in [-0.2, 0) is 6.54 Å². The van der Waals surface area contributed by atoms with E-state index in [0.29, 0.717) is 6.04 Å². The fourth-order valence-corrected chi connectivity index (χ4v) is 3.51. The Morgan fingerprint density at radius 3 is 2.62 bits per heavy atom. The van der Waals surface area contributed by atoms with Crippen LogP contribution in [0.2, 0.25) is 0 Å². The molecular weight excluding hydrogens is 216 g/mol. The van der Waals surface area contributed by atoms with Gasteiger partial charge in [-0.1, -0.05) is 20.3 Å². The Bertz CT molecular complexity index is 324. The summed E-state index contributed by atoms with van der Waals surface area (Å²) >= 11 is 1.81. The van der Waals surface area contributed by atoms with Crippen molar-refractivity contribution in [2.75, 3.05) is 0 Å². The number of hydrogen-bond donors (Lipinski definition) is 1. The smallest absolute Gasteiger partial charge is 0.107 e. The van der Waals surface area contributed by atoms with E-state index in [2.05, 4.69) is 31.1 Å². The maximum absolute atomic E-state index is 4.41. The number of thiazole rings is 1. The van der Waals surface area contributed by atoms with Gasteiger partial charge in [-0.2, -0.15) is 0 Å². The first kappa shape index (κ1) is 12.1. The Kier molecular flexibility index (Phi) is 3.98. The monoisotopic (exact) mass is 238 g/mol. The van der Waals surface area contributed by atoms with E-state index in [1.165, 1.54) is 29.1 Å². The lowest BCUT2D eigenvalue weighted by Crippen LogP contribution is -2.42. The average molecular weight is 238 g/mol. The maximum Gasteiger partial charge on any atom is 0.107 e. The summed E-state index contributed by atoms with van der Waals surface area (Å²) in [6.07, 6.45) is 6.12. The molecule has 1 aliphatic rings. The second-order valence-corrected chi connectivity index (χ2v) is 6.48. The van der Waals surface area contributed by atoms with E-state index in [9.17, 15) is 0 Å². The van der Waals surface area contributed by atoms with Gasteiger partial charge in [0.25, 0.3) is 0 Å². The Hall–Kier alpha value is -0.410. The van der Waals surface area contributed by atoms with Gasteiger partial charge in [-0.05, 0) is 31.6 Å². The van der Waals surface area contributed by atoms with Crippen molar-refractivity contribution in [2.45, 2.75) is 52.6 Å². The van der Waals surface area contributed by atoms with Gasteiger partial charge in [-0.25, -0.2) is 4.98 Å². The van der Waals surface area contributed by atoms with Crippen LogP contribution in [0.25, 0.3) is 0 Å². The van der Waals surface area contributed by atoms with Crippen molar-refractivity contribution >= 4 is 11.3 Å². The fourth-order valence-electron chi connectivity index (χ4n) is 2.77. The minimum atomic E-state index is 0.679. The largest absolute Gasteiger partial charge is 0.307 e. The molecule has 1 heterocycles. The third-order valence-corrected chi connectivity index (χ3v) is 4.62. The molecule has 0 amide bonds. The van der Waals surface area contributed by atoms with E-state index in [1.54, 1.807) is 11.3 Å². The van der Waals surface area contributed by atoms with Crippen LogP contribution in [0.15, 0.2) is 6.20 Å². The summed E-state index contributed by atoms with van der Waals surface area (Å²) < 4.78 is 0. The normalized spacial score (nSPS) is 30.6. The lowest BCUT2D eigenvalue weighted by atomic mass is 9.79. The molecule has 1 fully saturated rings. The SMILES string of the molecule is Cc1cnc(CNC2C(C)CCCC2C)s1. The molecule has 1 aromatic heterocycles. The van der Waals surface area contributed by atoms with Crippen molar-refractivity contribution in [1.82, 2.24) is 10.3 Å². The summed E-state index contributed by atoms with van der Waals surface area (Å²) in [6, 6.07) is 0.679. The van der Waals surface area contributed by atoms with Crippen molar-refractivity contribution < 1.29 is 0 Å². The first-order valence-corrected chi connectivity index (χ1v) is 7.13. The molecule has 2 atom stereocenters. The fraction of sp³-hybridized carbons (Fsp3) is 0.769. The Morgan fingerprint density at radius 2 is 2.06 bits per heavy atom. The lowest BCUT2D eigenvalue weighted by molar-refractivity contribution is 0.207. The maximum atomic E-state index is 4.41. The van der Waals surface area contributed by atoms with Crippen LogP contribution < -0.4 is 5.32 Å². The molecule has 0 aromatic carbocycles. The average Bonchev–Trinajstić information content (AvgIpc) is 2.63. The summed E-state index contributed by atoms with van der Waals surface area (Å²) in [7, 11) is 0. The Morgan fingerprint density at radius 1 is 1.38 bits per heavy atom. The minimum Gasteiger partial charge on any atom is -0.307 e. The van der Waals surface area contributed by atoms with Crippen molar-refractivity contribution in [3.05, 3.63) is 16.1 Å². The van der Waals surface area contributed by atoms with Gasteiger partial charge in [0.1, 0.15) is 5.01 Å². The van der Waals surface area contributed by atoms with E-state index in [4.69, 9.17) is 0 Å². The number of aryl methyl sites for hydroxylation is 1. The summed E-state index contributed by atoms with van der Waals surface area (Å²) in [5.74, 6) is 1.62. The van der Waals surface area contributed by atoms with Gasteiger partial charge in [0, 0.05) is 23.7 Å². The number of hydrogen-bond acceptors (Lipinski definition) is 3. The summed E-state index contributed by atoms with van der Waals surface area (Å²) in [6.45, 7) is 7.81. The summed E-state index contributed by atoms with van der Waals surface area (Å²) in [5, 5.41) is 4.92. The van der Waals surface area contributed by atoms with E-state index in [1.807, 2.05) is 6.20 Å². The first-order valence-electron chi connectivity index (χ1n) is 6.31. The van der Waals surface area contributed by atoms with Gasteiger partial charge in [0.2, 0.25) is 0 Å². The first-order chi connectivity index (χ1) is 7.66. The van der Waals surface area contributed by atoms with Crippen molar-refractivity contribution in [3.63, 3.8) is 0 Å². The standard InChI is InChI=1S/C13H22N2S/c1-9-5-4-6-10(2)13(9)15-8-12-14-7-11(3)16-12/h7,9-10,13,15H,4-6,8H2,1-3H3. The van der Waals surface area contributed by atoms with Gasteiger partial charge in [-0.15, -0.1) is 11.3 Å². The van der Waals surface area contributed by atoms with E-state index < -0.39 is 0 Å². The molecule has 1 saturated carbocycles. The van der Waals surface area contributed by atoms with E-state index in [-0.39, 0.29) is 0 Å². The lowest BCUT2D eigenvalue weighted by Gasteiger charge is -2.35. The summed E-state index contributed by atoms with van der Waals surface area (Å²) in [5.41, 5.74) is 0. The second-order valence-electron chi connectivity index (χ2n) is 5.16. The molecule has 0 spiro atoms. The molecule has 2 nitrogen and oxygen atoms in total. The molecule has 3 heteroatoms. The summed E-state index contributed by atoms with van der Waals surface area (Å²) in [4.78, 5) is 5.71. The zero-order valence-electron chi connectivity index (χ0n) is 10.5. The quantitative estimate of drug-likeness (QED) is 0.873. The molecule has 0 saturated heterocycles. The van der Waals surface area contributed by atoms with Crippen molar-refractivity contribution in [2.24, 2.45) is 11.8 Å². The van der Waals surface area contributed by atoms with Gasteiger partial charge in [0.15, 0.2) is 0 Å². The van der Waals surface area contributed by atoms with Crippen molar-refractivity contribution in [3.8, 4) is 0 Å². The van der Waals surface area contributed by atoms with Crippen molar-refractivity contribution in [1.29, 1.82) is 0 Å². The minimum absolute atomic E-state index is 0.679. The van der Waals surface area contributed by atoms with Crippen LogP contribution in [-0.4, -0.2) is 11.0 Å². The van der Waals surface area contributed by atoms with Crippen LogP contribution in [0.4, 0.5) is 0 Å². The molecule has 2 unspecified atom stereocenters. The van der Waals surface area contributed by atoms with Gasteiger partial charge in [0.05, 0.1) is 0 Å². The number of nitrogens with zero attached hydrogens (tertiary/aromatic N) is 1. The second kappa shape index (κ2) is 5.28. The number of aromatic nitrogens is 1. The predicted octanol–water partition coefficient (Wildman–Crippen LogP) is 3.37. The molecule has 0 radical (unpaired) electrons. The molecule has 16 heavy (non-hydrogen) atoms. The van der Waals surface area contributed by atoms with Gasteiger partial charge in [-0.3, -0.25) is 0 Å². The Labute approximate surface area is 102 Å². The van der Waals surface area contributed by atoms with Gasteiger partial charge >= 0.3 is 0 Å². The third kappa shape index (κ3) is 2.83. The Balaban J connectivity index is 1.88. The molecule has 1 aliphatic carbocycles. The van der Waals surface area contributed by atoms with Crippen LogP contribution in [0.1, 0.15) is 43.0 Å². The van der Waals surface area contributed by atoms with E-state index in [0.717, 1.165) is 18.4 Å². The molecule has 0 aliphatic heterocycles. The highest BCUT2D eigenvalue weighted by atomic mass is 32.1. The van der Waals surface area contributed by atoms with Crippen LogP contribution >= 0.6 is 11.3 Å². The molecule has 90 valence electrons. The highest BCUT2D eigenvalue weighted by Crippen LogP contribution is 2.29. The highest BCUT2D eigenvalue weighted by Gasteiger charge is 2.27. The van der Waals surface area contributed by atoms with Crippen LogP contribution in [0.3, 0.4) is 0 Å². The van der Waals surface area contributed by atoms with Gasteiger partial charge < -0.3 is 5.32 Å². The topological polar surface area (TPSA) is 24.9 Å². The molecular formula is C13H22N2S. The molecule has 1 aromatic rings. The van der Waals surface area contributed by atoms with Crippen LogP contribution in [0, 0.1) is 18.8 Å². The number of nitrogens with one attached hydrogen (secondary N) is 1. The third-order valence-electron chi connectivity index (χ3n) is 3.70. The predicted molar refractivity (Wildman–Crippen MR) is 69.7 cm³/mol. The number of rotatable bonds is 3.